The third-order valence-electron chi connectivity index (χ3n) is 6.71. The molecule has 1 saturated heterocycles. The molecule has 0 spiro atoms. The van der Waals surface area contributed by atoms with Crippen LogP contribution >= 0.6 is 11.6 Å². The van der Waals surface area contributed by atoms with Crippen LogP contribution in [0.1, 0.15) is 11.1 Å². The lowest BCUT2D eigenvalue weighted by Crippen LogP contribution is -2.49. The van der Waals surface area contributed by atoms with Crippen LogP contribution < -0.4 is 4.90 Å². The molecule has 10 heteroatoms. The van der Waals surface area contributed by atoms with Crippen LogP contribution in [-0.2, 0) is 10.0 Å². The molecule has 0 aliphatic carbocycles. The van der Waals surface area contributed by atoms with Crippen LogP contribution in [0.4, 0.5) is 5.95 Å². The van der Waals surface area contributed by atoms with Crippen LogP contribution in [0.5, 0.6) is 0 Å². The number of piperazine rings is 1. The van der Waals surface area contributed by atoms with Crippen molar-refractivity contribution >= 4 is 44.1 Å². The van der Waals surface area contributed by atoms with Crippen molar-refractivity contribution in [2.75, 3.05) is 31.1 Å². The zero-order valence-corrected chi connectivity index (χ0v) is 22.0. The lowest BCUT2D eigenvalue weighted by Gasteiger charge is -2.35. The molecule has 2 aromatic heterocycles. The second kappa shape index (κ2) is 9.09. The first-order valence-electron chi connectivity index (χ1n) is 12.0. The zero-order valence-electron chi connectivity index (χ0n) is 20.5. The molecule has 37 heavy (non-hydrogen) atoms. The molecule has 1 aliphatic heterocycles. The van der Waals surface area contributed by atoms with Gasteiger partial charge in [-0.2, -0.15) is 4.31 Å². The number of hydrogen-bond donors (Lipinski definition) is 0. The Hall–Kier alpha value is -3.53. The molecular weight excluding hydrogens is 508 g/mol. The molecule has 0 amide bonds. The average Bonchev–Trinajstić information content (AvgIpc) is 3.33. The number of benzene rings is 3. The van der Waals surface area contributed by atoms with Crippen molar-refractivity contribution in [1.82, 2.24) is 23.9 Å². The van der Waals surface area contributed by atoms with Crippen molar-refractivity contribution in [3.63, 3.8) is 0 Å². The Morgan fingerprint density at radius 1 is 0.838 bits per heavy atom. The normalized spacial score (nSPS) is 15.1. The Kier molecular flexibility index (Phi) is 5.86. The summed E-state index contributed by atoms with van der Waals surface area (Å²) in [6.07, 6.45) is 0. The number of rotatable bonds is 4. The Bertz CT molecular complexity index is 1760. The molecule has 8 nitrogen and oxygen atoms in total. The summed E-state index contributed by atoms with van der Waals surface area (Å²) in [6, 6.07) is 20.7. The number of nitrogens with zero attached hydrogens (tertiary/aromatic N) is 6. The molecule has 0 saturated carbocycles. The van der Waals surface area contributed by atoms with Gasteiger partial charge in [-0.3, -0.25) is 0 Å². The zero-order chi connectivity index (χ0) is 25.7. The van der Waals surface area contributed by atoms with Gasteiger partial charge in [-0.25, -0.2) is 17.8 Å². The fourth-order valence-corrected chi connectivity index (χ4v) is 6.52. The van der Waals surface area contributed by atoms with Crippen LogP contribution in [0.3, 0.4) is 0 Å². The van der Waals surface area contributed by atoms with E-state index in [2.05, 4.69) is 21.2 Å². The second-order valence-electron chi connectivity index (χ2n) is 9.33. The van der Waals surface area contributed by atoms with E-state index < -0.39 is 10.0 Å². The van der Waals surface area contributed by atoms with Gasteiger partial charge in [0.15, 0.2) is 11.5 Å². The van der Waals surface area contributed by atoms with Crippen LogP contribution in [-0.4, -0.2) is 58.5 Å². The molecule has 3 heterocycles. The monoisotopic (exact) mass is 532 g/mol. The SMILES string of the molecule is Cc1cccc(-c2nnc3c4ccc(Cl)cc4nc(N4CCN(S(=O)(=O)c5cccc(C)c5)CC4)n23)c1. The van der Waals surface area contributed by atoms with Gasteiger partial charge in [0.2, 0.25) is 16.0 Å². The molecule has 0 radical (unpaired) electrons. The third-order valence-corrected chi connectivity index (χ3v) is 8.84. The molecule has 0 N–H and O–H groups in total. The van der Waals surface area contributed by atoms with Crippen LogP contribution in [0.2, 0.25) is 5.02 Å². The third kappa shape index (κ3) is 4.22. The first-order valence-corrected chi connectivity index (χ1v) is 13.9. The maximum Gasteiger partial charge on any atom is 0.243 e. The molecule has 1 fully saturated rings. The van der Waals surface area contributed by atoms with E-state index in [0.29, 0.717) is 59.0 Å². The van der Waals surface area contributed by atoms with Crippen molar-refractivity contribution in [1.29, 1.82) is 0 Å². The molecular formula is C27H25ClN6O2S. The first kappa shape index (κ1) is 23.8. The maximum absolute atomic E-state index is 13.3. The van der Waals surface area contributed by atoms with Gasteiger partial charge in [0.05, 0.1) is 10.4 Å². The highest BCUT2D eigenvalue weighted by molar-refractivity contribution is 7.89. The number of sulfonamides is 1. The number of hydrogen-bond acceptors (Lipinski definition) is 6. The topological polar surface area (TPSA) is 83.7 Å². The lowest BCUT2D eigenvalue weighted by molar-refractivity contribution is 0.382. The van der Waals surface area contributed by atoms with Gasteiger partial charge in [-0.05, 0) is 55.8 Å². The van der Waals surface area contributed by atoms with Gasteiger partial charge in [0, 0.05) is 42.2 Å². The van der Waals surface area contributed by atoms with E-state index in [4.69, 9.17) is 16.6 Å². The smallest absolute Gasteiger partial charge is 0.243 e. The summed E-state index contributed by atoms with van der Waals surface area (Å²) < 4.78 is 30.1. The minimum absolute atomic E-state index is 0.322. The highest BCUT2D eigenvalue weighted by Crippen LogP contribution is 2.31. The Labute approximate surface area is 220 Å². The summed E-state index contributed by atoms with van der Waals surface area (Å²) in [6.45, 7) is 5.57. The van der Waals surface area contributed by atoms with Crippen molar-refractivity contribution in [3.8, 4) is 11.4 Å². The number of fused-ring (bicyclic) bond motifs is 3. The molecule has 0 bridgehead atoms. The summed E-state index contributed by atoms with van der Waals surface area (Å²) >= 11 is 6.30. The minimum atomic E-state index is -3.58. The molecule has 3 aromatic carbocycles. The average molecular weight is 533 g/mol. The van der Waals surface area contributed by atoms with E-state index in [-0.39, 0.29) is 0 Å². The molecule has 0 unspecified atom stereocenters. The molecule has 1 aliphatic rings. The lowest BCUT2D eigenvalue weighted by atomic mass is 10.1. The van der Waals surface area contributed by atoms with Gasteiger partial charge in [-0.15, -0.1) is 10.2 Å². The fourth-order valence-electron chi connectivity index (χ4n) is 4.83. The second-order valence-corrected chi connectivity index (χ2v) is 11.7. The summed E-state index contributed by atoms with van der Waals surface area (Å²) in [7, 11) is -3.58. The van der Waals surface area contributed by atoms with E-state index in [9.17, 15) is 8.42 Å². The highest BCUT2D eigenvalue weighted by Gasteiger charge is 2.30. The van der Waals surface area contributed by atoms with Crippen molar-refractivity contribution in [3.05, 3.63) is 82.9 Å². The Morgan fingerprint density at radius 3 is 2.30 bits per heavy atom. The quantitative estimate of drug-likeness (QED) is 0.333. The predicted octanol–water partition coefficient (Wildman–Crippen LogP) is 4.73. The Morgan fingerprint density at radius 2 is 1.57 bits per heavy atom. The van der Waals surface area contributed by atoms with E-state index >= 15 is 0 Å². The number of anilines is 1. The van der Waals surface area contributed by atoms with Crippen LogP contribution in [0.25, 0.3) is 27.9 Å². The van der Waals surface area contributed by atoms with Gasteiger partial charge in [0.25, 0.3) is 0 Å². The summed E-state index contributed by atoms with van der Waals surface area (Å²) in [5.41, 5.74) is 4.37. The largest absolute Gasteiger partial charge is 0.339 e. The number of halogens is 1. The van der Waals surface area contributed by atoms with E-state index in [0.717, 1.165) is 22.1 Å². The van der Waals surface area contributed by atoms with E-state index in [1.807, 2.05) is 60.7 Å². The van der Waals surface area contributed by atoms with Crippen molar-refractivity contribution < 1.29 is 8.42 Å². The fraction of sp³-hybridized carbons (Fsp3) is 0.222. The van der Waals surface area contributed by atoms with E-state index in [1.54, 1.807) is 22.5 Å². The van der Waals surface area contributed by atoms with Gasteiger partial charge in [0.1, 0.15) is 0 Å². The minimum Gasteiger partial charge on any atom is -0.339 e. The standard InChI is InChI=1S/C27H25ClN6O2S/c1-18-5-3-7-20(15-18)25-30-31-26-23-10-9-21(28)17-24(23)29-27(34(25)26)32-11-13-33(14-12-32)37(35,36)22-8-4-6-19(2)16-22/h3-10,15-17H,11-14H2,1-2H3. The van der Waals surface area contributed by atoms with Gasteiger partial charge < -0.3 is 4.90 Å². The van der Waals surface area contributed by atoms with Crippen molar-refractivity contribution in [2.45, 2.75) is 18.7 Å². The van der Waals surface area contributed by atoms with E-state index in [1.165, 1.54) is 0 Å². The molecule has 6 rings (SSSR count). The molecule has 188 valence electrons. The number of aromatic nitrogens is 4. The Balaban J connectivity index is 1.42. The van der Waals surface area contributed by atoms with Gasteiger partial charge in [-0.1, -0.05) is 47.5 Å². The molecule has 0 atom stereocenters. The van der Waals surface area contributed by atoms with Crippen molar-refractivity contribution in [2.24, 2.45) is 0 Å². The maximum atomic E-state index is 13.3. The summed E-state index contributed by atoms with van der Waals surface area (Å²) in [5, 5.41) is 10.5. The van der Waals surface area contributed by atoms with Crippen LogP contribution in [0.15, 0.2) is 71.6 Å². The summed E-state index contributed by atoms with van der Waals surface area (Å²) in [5.74, 6) is 1.35. The first-order chi connectivity index (χ1) is 17.8. The van der Waals surface area contributed by atoms with Gasteiger partial charge >= 0.3 is 0 Å². The number of aryl methyl sites for hydroxylation is 2. The van der Waals surface area contributed by atoms with Crippen LogP contribution in [0, 0.1) is 13.8 Å². The highest BCUT2D eigenvalue weighted by atomic mass is 35.5. The summed E-state index contributed by atoms with van der Waals surface area (Å²) in [4.78, 5) is 7.40. The predicted molar refractivity (Wildman–Crippen MR) is 146 cm³/mol. The molecule has 5 aromatic rings.